The first-order valence-corrected chi connectivity index (χ1v) is 11.0. The first-order chi connectivity index (χ1) is 16.1. The highest BCUT2D eigenvalue weighted by molar-refractivity contribution is 6.31. The Morgan fingerprint density at radius 3 is 2.48 bits per heavy atom. The summed E-state index contributed by atoms with van der Waals surface area (Å²) in [6.45, 7) is 2.77. The van der Waals surface area contributed by atoms with Gasteiger partial charge in [0.05, 0.1) is 30.2 Å². The fourth-order valence-corrected chi connectivity index (χ4v) is 4.12. The van der Waals surface area contributed by atoms with Gasteiger partial charge in [0, 0.05) is 29.1 Å². The molecule has 4 aromatic rings. The highest BCUT2D eigenvalue weighted by atomic mass is 35.5. The van der Waals surface area contributed by atoms with E-state index in [1.54, 1.807) is 42.5 Å². The Bertz CT molecular complexity index is 1380. The molecule has 0 atom stereocenters. The number of benzene rings is 3. The van der Waals surface area contributed by atoms with E-state index in [1.165, 1.54) is 0 Å². The Morgan fingerprint density at radius 2 is 1.70 bits per heavy atom. The summed E-state index contributed by atoms with van der Waals surface area (Å²) >= 11 is 6.20. The molecule has 166 valence electrons. The molecule has 1 fully saturated rings. The molecule has 5 rings (SSSR count). The summed E-state index contributed by atoms with van der Waals surface area (Å²) in [5.41, 5.74) is 3.28. The van der Waals surface area contributed by atoms with Crippen molar-refractivity contribution in [2.45, 2.75) is 0 Å². The van der Waals surface area contributed by atoms with Crippen molar-refractivity contribution in [2.24, 2.45) is 0 Å². The summed E-state index contributed by atoms with van der Waals surface area (Å²) in [6, 6.07) is 21.5. The van der Waals surface area contributed by atoms with Gasteiger partial charge in [0.1, 0.15) is 5.58 Å². The van der Waals surface area contributed by atoms with E-state index in [4.69, 9.17) is 20.8 Å². The number of halogens is 1. The van der Waals surface area contributed by atoms with Gasteiger partial charge in [-0.25, -0.2) is 4.79 Å². The number of morpholine rings is 1. The molecule has 0 radical (unpaired) electrons. The molecule has 3 aromatic carbocycles. The molecule has 0 spiro atoms. The number of amides is 1. The molecular weight excluding hydrogens is 440 g/mol. The fraction of sp³-hybridized carbons (Fsp3) is 0.154. The van der Waals surface area contributed by atoms with Crippen molar-refractivity contribution in [3.8, 4) is 11.1 Å². The molecule has 7 heteroatoms. The topological polar surface area (TPSA) is 71.8 Å². The summed E-state index contributed by atoms with van der Waals surface area (Å²) in [5, 5.41) is 4.35. The van der Waals surface area contributed by atoms with Gasteiger partial charge >= 0.3 is 5.63 Å². The zero-order valence-electron chi connectivity index (χ0n) is 17.7. The van der Waals surface area contributed by atoms with E-state index in [0.717, 1.165) is 24.2 Å². The Kier molecular flexibility index (Phi) is 5.86. The highest BCUT2D eigenvalue weighted by Gasteiger charge is 2.17. The quantitative estimate of drug-likeness (QED) is 0.424. The van der Waals surface area contributed by atoms with Crippen molar-refractivity contribution in [2.75, 3.05) is 36.5 Å². The lowest BCUT2D eigenvalue weighted by Crippen LogP contribution is -2.36. The molecule has 0 unspecified atom stereocenters. The summed E-state index contributed by atoms with van der Waals surface area (Å²) in [7, 11) is 0. The fourth-order valence-electron chi connectivity index (χ4n) is 3.95. The van der Waals surface area contributed by atoms with Crippen molar-refractivity contribution >= 4 is 39.9 Å². The van der Waals surface area contributed by atoms with Crippen LogP contribution in [0.3, 0.4) is 0 Å². The third kappa shape index (κ3) is 4.49. The van der Waals surface area contributed by atoms with Crippen molar-refractivity contribution in [1.82, 2.24) is 0 Å². The molecule has 1 aliphatic heterocycles. The predicted octanol–water partition coefficient (Wildman–Crippen LogP) is 5.20. The number of nitrogens with one attached hydrogen (secondary N) is 1. The Morgan fingerprint density at radius 1 is 0.939 bits per heavy atom. The second-order valence-electron chi connectivity index (χ2n) is 7.78. The SMILES string of the molecule is O=C(Nc1cc(Cl)ccc1N1CCOCC1)c1ccc(-c2cc3ccccc3oc2=O)cc1. The molecule has 1 saturated heterocycles. The number of carbonyl (C=O) groups is 1. The number of carbonyl (C=O) groups excluding carboxylic acids is 1. The minimum atomic E-state index is -0.417. The van der Waals surface area contributed by atoms with Crippen LogP contribution < -0.4 is 15.8 Å². The van der Waals surface area contributed by atoms with E-state index in [9.17, 15) is 9.59 Å². The first-order valence-electron chi connectivity index (χ1n) is 10.7. The lowest BCUT2D eigenvalue weighted by atomic mass is 10.0. The molecule has 33 heavy (non-hydrogen) atoms. The smallest absolute Gasteiger partial charge is 0.344 e. The molecule has 0 bridgehead atoms. The van der Waals surface area contributed by atoms with Gasteiger partial charge in [-0.3, -0.25) is 4.79 Å². The van der Waals surface area contributed by atoms with Gasteiger partial charge in [-0.15, -0.1) is 0 Å². The molecular formula is C26H21ClN2O4. The Balaban J connectivity index is 1.39. The number of nitrogens with zero attached hydrogens (tertiary/aromatic N) is 1. The van der Waals surface area contributed by atoms with Crippen LogP contribution in [-0.2, 0) is 4.74 Å². The normalized spacial score (nSPS) is 13.8. The maximum atomic E-state index is 13.0. The van der Waals surface area contributed by atoms with E-state index in [2.05, 4.69) is 10.2 Å². The number of anilines is 2. The average Bonchev–Trinajstić information content (AvgIpc) is 2.84. The minimum absolute atomic E-state index is 0.260. The highest BCUT2D eigenvalue weighted by Crippen LogP contribution is 2.30. The minimum Gasteiger partial charge on any atom is -0.422 e. The van der Waals surface area contributed by atoms with Gasteiger partial charge in [0.15, 0.2) is 0 Å². The monoisotopic (exact) mass is 460 g/mol. The number of ether oxygens (including phenoxy) is 1. The van der Waals surface area contributed by atoms with Crippen LogP contribution in [0.4, 0.5) is 11.4 Å². The molecule has 6 nitrogen and oxygen atoms in total. The Labute approximate surface area is 195 Å². The Hall–Kier alpha value is -3.61. The van der Waals surface area contributed by atoms with Crippen molar-refractivity contribution < 1.29 is 13.9 Å². The van der Waals surface area contributed by atoms with Crippen LogP contribution in [0.15, 0.2) is 82.0 Å². The van der Waals surface area contributed by atoms with Gasteiger partial charge in [0.25, 0.3) is 5.91 Å². The summed E-state index contributed by atoms with van der Waals surface area (Å²) < 4.78 is 10.9. The van der Waals surface area contributed by atoms with E-state index in [1.807, 2.05) is 30.3 Å². The lowest BCUT2D eigenvalue weighted by molar-refractivity contribution is 0.102. The zero-order chi connectivity index (χ0) is 22.8. The van der Waals surface area contributed by atoms with Crippen LogP contribution in [0.5, 0.6) is 0 Å². The predicted molar refractivity (Wildman–Crippen MR) is 130 cm³/mol. The number of hydrogen-bond donors (Lipinski definition) is 1. The third-order valence-electron chi connectivity index (χ3n) is 5.66. The third-order valence-corrected chi connectivity index (χ3v) is 5.89. The first kappa shape index (κ1) is 21.2. The van der Waals surface area contributed by atoms with E-state index in [0.29, 0.717) is 46.2 Å². The lowest BCUT2D eigenvalue weighted by Gasteiger charge is -2.30. The van der Waals surface area contributed by atoms with Crippen LogP contribution in [0.25, 0.3) is 22.1 Å². The molecule has 1 amide bonds. The van der Waals surface area contributed by atoms with Crippen LogP contribution in [0.2, 0.25) is 5.02 Å². The number of hydrogen-bond acceptors (Lipinski definition) is 5. The molecule has 1 aromatic heterocycles. The van der Waals surface area contributed by atoms with Crippen LogP contribution in [0, 0.1) is 0 Å². The molecule has 0 saturated carbocycles. The summed E-state index contributed by atoms with van der Waals surface area (Å²) in [4.78, 5) is 27.6. The van der Waals surface area contributed by atoms with E-state index < -0.39 is 5.63 Å². The standard InChI is InChI=1S/C26H21ClN2O4/c27-20-9-10-23(29-11-13-32-14-12-29)22(16-20)28-25(30)18-7-5-17(6-8-18)21-15-19-3-1-2-4-24(19)33-26(21)31/h1-10,15-16H,11-14H2,(H,28,30). The van der Waals surface area contributed by atoms with Crippen molar-refractivity contribution in [1.29, 1.82) is 0 Å². The van der Waals surface area contributed by atoms with Crippen molar-refractivity contribution in [3.05, 3.63) is 93.8 Å². The number of para-hydroxylation sites is 1. The number of fused-ring (bicyclic) bond motifs is 1. The van der Waals surface area contributed by atoms with Gasteiger partial charge in [-0.2, -0.15) is 0 Å². The summed E-state index contributed by atoms with van der Waals surface area (Å²) in [5.74, 6) is -0.260. The van der Waals surface area contributed by atoms with Crippen molar-refractivity contribution in [3.63, 3.8) is 0 Å². The van der Waals surface area contributed by atoms with Crippen LogP contribution >= 0.6 is 11.6 Å². The van der Waals surface area contributed by atoms with Gasteiger partial charge in [-0.1, -0.05) is 41.9 Å². The second kappa shape index (κ2) is 9.10. The molecule has 2 heterocycles. The molecule has 1 N–H and O–H groups in total. The van der Waals surface area contributed by atoms with Crippen LogP contribution in [-0.4, -0.2) is 32.2 Å². The maximum absolute atomic E-state index is 13.0. The van der Waals surface area contributed by atoms with Gasteiger partial charge < -0.3 is 19.4 Å². The molecule has 0 aliphatic carbocycles. The van der Waals surface area contributed by atoms with Crippen LogP contribution in [0.1, 0.15) is 10.4 Å². The zero-order valence-corrected chi connectivity index (χ0v) is 18.5. The molecule has 1 aliphatic rings. The maximum Gasteiger partial charge on any atom is 0.344 e. The number of rotatable bonds is 4. The summed E-state index contributed by atoms with van der Waals surface area (Å²) in [6.07, 6.45) is 0. The van der Waals surface area contributed by atoms with E-state index in [-0.39, 0.29) is 5.91 Å². The second-order valence-corrected chi connectivity index (χ2v) is 8.21. The van der Waals surface area contributed by atoms with Gasteiger partial charge in [-0.05, 0) is 48.0 Å². The largest absolute Gasteiger partial charge is 0.422 e. The average molecular weight is 461 g/mol. The van der Waals surface area contributed by atoms with E-state index >= 15 is 0 Å². The van der Waals surface area contributed by atoms with Gasteiger partial charge in [0.2, 0.25) is 0 Å².